The Labute approximate surface area is 216 Å². The van der Waals surface area contributed by atoms with E-state index in [9.17, 15) is 19.8 Å². The summed E-state index contributed by atoms with van der Waals surface area (Å²) in [5.41, 5.74) is 4.21. The second kappa shape index (κ2) is 12.3. The molecule has 0 bridgehead atoms. The van der Waals surface area contributed by atoms with Gasteiger partial charge in [0, 0.05) is 15.7 Å². The number of allylic oxidation sites excluding steroid dienone is 1. The second-order valence-electron chi connectivity index (χ2n) is 7.62. The van der Waals surface area contributed by atoms with E-state index in [1.165, 1.54) is 19.4 Å². The van der Waals surface area contributed by atoms with Crippen LogP contribution in [0.25, 0.3) is 0 Å². The van der Waals surface area contributed by atoms with Gasteiger partial charge in [-0.1, -0.05) is 22.0 Å². The van der Waals surface area contributed by atoms with E-state index in [0.717, 1.165) is 4.47 Å². The molecule has 3 rings (SSSR count). The zero-order valence-electron chi connectivity index (χ0n) is 19.9. The number of halogens is 1. The molecule has 1 heterocycles. The molecule has 0 saturated carbocycles. The number of nitrogens with zero attached hydrogens (tertiary/aromatic N) is 1. The third-order valence-electron chi connectivity index (χ3n) is 5.09. The Morgan fingerprint density at radius 3 is 2.75 bits per heavy atom. The zero-order chi connectivity index (χ0) is 26.2. The highest BCUT2D eigenvalue weighted by molar-refractivity contribution is 9.10. The van der Waals surface area contributed by atoms with Crippen LogP contribution in [0.3, 0.4) is 0 Å². The number of aromatic hydroxyl groups is 1. The first-order valence-electron chi connectivity index (χ1n) is 10.9. The quantitative estimate of drug-likeness (QED) is 0.128. The number of esters is 1. The minimum Gasteiger partial charge on any atom is -0.507 e. The zero-order valence-corrected chi connectivity index (χ0v) is 21.5. The summed E-state index contributed by atoms with van der Waals surface area (Å²) in [5.74, 6) is 0.172. The average molecular weight is 563 g/mol. The lowest BCUT2D eigenvalue weighted by Crippen LogP contribution is -2.45. The fraction of sp³-hybridized carbons (Fsp3) is 0.292. The summed E-state index contributed by atoms with van der Waals surface area (Å²) in [6.07, 6.45) is 0.204. The van der Waals surface area contributed by atoms with Crippen molar-refractivity contribution in [2.45, 2.75) is 26.1 Å². The molecule has 12 heteroatoms. The molecule has 0 unspecified atom stereocenters. The number of hydrogen-bond donors (Lipinski definition) is 5. The molecule has 11 nitrogen and oxygen atoms in total. The highest BCUT2D eigenvalue weighted by Crippen LogP contribution is 2.35. The van der Waals surface area contributed by atoms with E-state index in [2.05, 4.69) is 37.1 Å². The molecule has 2 amide bonds. The predicted octanol–water partition coefficient (Wildman–Crippen LogP) is 2.68. The first-order chi connectivity index (χ1) is 17.2. The Morgan fingerprint density at radius 2 is 2.03 bits per heavy atom. The number of urea groups is 1. The van der Waals surface area contributed by atoms with Gasteiger partial charge in [0.1, 0.15) is 12.4 Å². The number of benzene rings is 2. The van der Waals surface area contributed by atoms with Gasteiger partial charge in [0.25, 0.3) is 0 Å². The van der Waals surface area contributed by atoms with Crippen LogP contribution in [0.2, 0.25) is 0 Å². The lowest BCUT2D eigenvalue weighted by molar-refractivity contribution is -0.136. The van der Waals surface area contributed by atoms with E-state index in [4.69, 9.17) is 14.2 Å². The highest BCUT2D eigenvalue weighted by atomic mass is 79.9. The maximum absolute atomic E-state index is 12.3. The molecule has 5 N–H and O–H groups in total. The number of hydrazone groups is 1. The number of amides is 2. The molecule has 0 aromatic heterocycles. The van der Waals surface area contributed by atoms with Crippen molar-refractivity contribution in [3.05, 3.63) is 63.3 Å². The standard InChI is InChI=1S/C24H27BrN4O7/c1-4-35-19-10-14(22-21(23(32)34-3)13(2)27-24(33)28-22)5-8-18(19)36-12-20(31)29-26-11-15-9-16(25)6-7-17(15)30/h5-11,20,22,29-31H,4,12H2,1-3H3,(H2,27,28,33)/b26-11+/t20-,22-/m0/s1. The van der Waals surface area contributed by atoms with E-state index < -0.39 is 24.3 Å². The van der Waals surface area contributed by atoms with Crippen LogP contribution >= 0.6 is 15.9 Å². The second-order valence-corrected chi connectivity index (χ2v) is 8.53. The molecule has 0 radical (unpaired) electrons. The molecular formula is C24H27BrN4O7. The van der Waals surface area contributed by atoms with Crippen molar-refractivity contribution in [3.8, 4) is 17.2 Å². The van der Waals surface area contributed by atoms with Crippen molar-refractivity contribution in [1.82, 2.24) is 16.1 Å². The average Bonchev–Trinajstić information content (AvgIpc) is 2.84. The van der Waals surface area contributed by atoms with Crippen molar-refractivity contribution in [3.63, 3.8) is 0 Å². The highest BCUT2D eigenvalue weighted by Gasteiger charge is 2.32. The van der Waals surface area contributed by atoms with E-state index in [1.54, 1.807) is 44.2 Å². The number of aliphatic hydroxyl groups excluding tert-OH is 1. The summed E-state index contributed by atoms with van der Waals surface area (Å²) < 4.78 is 17.0. The van der Waals surface area contributed by atoms with E-state index in [-0.39, 0.29) is 17.9 Å². The molecule has 36 heavy (non-hydrogen) atoms. The van der Waals surface area contributed by atoms with Crippen LogP contribution in [0, 0.1) is 0 Å². The maximum atomic E-state index is 12.3. The number of phenols is 1. The van der Waals surface area contributed by atoms with Gasteiger partial charge in [-0.05, 0) is 49.7 Å². The molecule has 192 valence electrons. The Morgan fingerprint density at radius 1 is 1.25 bits per heavy atom. The number of ether oxygens (including phenoxy) is 3. The number of nitrogens with one attached hydrogen (secondary N) is 3. The van der Waals surface area contributed by atoms with Crippen LogP contribution in [-0.2, 0) is 9.53 Å². The third-order valence-corrected chi connectivity index (χ3v) is 5.58. The summed E-state index contributed by atoms with van der Waals surface area (Å²) in [6.45, 7) is 3.58. The number of phenolic OH excluding ortho intramolecular Hbond substituents is 1. The SMILES string of the molecule is CCOc1cc([C@@H]2NC(=O)NC(C)=C2C(=O)OC)ccc1OC[C@H](O)N/N=C/c1cc(Br)ccc1O. The first-order valence-corrected chi connectivity index (χ1v) is 11.7. The molecule has 0 spiro atoms. The van der Waals surface area contributed by atoms with Crippen molar-refractivity contribution in [2.75, 3.05) is 20.3 Å². The van der Waals surface area contributed by atoms with Gasteiger partial charge in [-0.15, -0.1) is 0 Å². The summed E-state index contributed by atoms with van der Waals surface area (Å²) >= 11 is 3.31. The van der Waals surface area contributed by atoms with Crippen molar-refractivity contribution in [1.29, 1.82) is 0 Å². The molecule has 1 aliphatic heterocycles. The van der Waals surface area contributed by atoms with Gasteiger partial charge in [0.05, 0.1) is 31.5 Å². The Balaban J connectivity index is 1.72. The molecular weight excluding hydrogens is 536 g/mol. The normalized spacial score (nSPS) is 16.2. The molecule has 2 aromatic carbocycles. The smallest absolute Gasteiger partial charge is 0.337 e. The van der Waals surface area contributed by atoms with Crippen LogP contribution in [0.1, 0.15) is 31.0 Å². The first kappa shape index (κ1) is 26.8. The van der Waals surface area contributed by atoms with Gasteiger partial charge >= 0.3 is 12.0 Å². The van der Waals surface area contributed by atoms with Gasteiger partial charge in [-0.3, -0.25) is 5.43 Å². The van der Waals surface area contributed by atoms with Crippen molar-refractivity contribution < 1.29 is 34.0 Å². The Bertz CT molecular complexity index is 1190. The minimum absolute atomic E-state index is 0.0428. The van der Waals surface area contributed by atoms with Crippen molar-refractivity contribution in [2.24, 2.45) is 5.10 Å². The lowest BCUT2D eigenvalue weighted by atomic mass is 9.95. The topological polar surface area (TPSA) is 151 Å². The van der Waals surface area contributed by atoms with Gasteiger partial charge in [-0.2, -0.15) is 5.10 Å². The minimum atomic E-state index is -1.16. The molecule has 0 saturated heterocycles. The van der Waals surface area contributed by atoms with Crippen LogP contribution in [0.5, 0.6) is 17.2 Å². The van der Waals surface area contributed by atoms with E-state index in [1.807, 2.05) is 0 Å². The summed E-state index contributed by atoms with van der Waals surface area (Å²) in [7, 11) is 1.27. The van der Waals surface area contributed by atoms with Gasteiger partial charge in [0.15, 0.2) is 17.7 Å². The third kappa shape index (κ3) is 6.67. The number of carbonyl (C=O) groups excluding carboxylic acids is 2. The van der Waals surface area contributed by atoms with Crippen molar-refractivity contribution >= 4 is 34.1 Å². The Kier molecular flexibility index (Phi) is 9.14. The van der Waals surface area contributed by atoms with Crippen LogP contribution in [-0.4, -0.2) is 55.0 Å². The number of hydrogen-bond acceptors (Lipinski definition) is 9. The molecule has 1 aliphatic rings. The number of rotatable bonds is 10. The largest absolute Gasteiger partial charge is 0.507 e. The number of carbonyl (C=O) groups is 2. The van der Waals surface area contributed by atoms with Gasteiger partial charge in [-0.25, -0.2) is 9.59 Å². The van der Waals surface area contributed by atoms with Gasteiger partial charge in [0.2, 0.25) is 0 Å². The van der Waals surface area contributed by atoms with E-state index in [0.29, 0.717) is 34.9 Å². The summed E-state index contributed by atoms with van der Waals surface area (Å²) in [5, 5.41) is 29.3. The molecule has 2 atom stereocenters. The predicted molar refractivity (Wildman–Crippen MR) is 135 cm³/mol. The number of methoxy groups -OCH3 is 1. The van der Waals surface area contributed by atoms with Crippen LogP contribution in [0.4, 0.5) is 4.79 Å². The Hall–Kier alpha value is -3.77. The fourth-order valence-electron chi connectivity index (χ4n) is 3.44. The number of aliphatic hydroxyl groups is 1. The maximum Gasteiger partial charge on any atom is 0.337 e. The molecule has 2 aromatic rings. The summed E-state index contributed by atoms with van der Waals surface area (Å²) in [4.78, 5) is 24.4. The summed E-state index contributed by atoms with van der Waals surface area (Å²) in [6, 6.07) is 8.63. The van der Waals surface area contributed by atoms with Crippen LogP contribution in [0.15, 0.2) is 57.2 Å². The fourth-order valence-corrected chi connectivity index (χ4v) is 3.82. The monoisotopic (exact) mass is 562 g/mol. The molecule has 0 aliphatic carbocycles. The van der Waals surface area contributed by atoms with Crippen LogP contribution < -0.4 is 25.5 Å². The lowest BCUT2D eigenvalue weighted by Gasteiger charge is -2.28. The van der Waals surface area contributed by atoms with Gasteiger partial charge < -0.3 is 35.1 Å². The molecule has 0 fully saturated rings. The van der Waals surface area contributed by atoms with E-state index >= 15 is 0 Å².